The molecule has 230 valence electrons. The van der Waals surface area contributed by atoms with Crippen LogP contribution in [0.2, 0.25) is 0 Å². The molecule has 0 fully saturated rings. The van der Waals surface area contributed by atoms with Crippen molar-refractivity contribution in [1.29, 1.82) is 0 Å². The van der Waals surface area contributed by atoms with Crippen molar-refractivity contribution in [3.63, 3.8) is 0 Å². The first kappa shape index (κ1) is 34.6. The van der Waals surface area contributed by atoms with E-state index in [0.29, 0.717) is 11.3 Å². The van der Waals surface area contributed by atoms with Crippen molar-refractivity contribution in [3.05, 3.63) is 71.5 Å². The number of hydrogen-bond donors (Lipinski definition) is 1. The first-order chi connectivity index (χ1) is 20.5. The molecule has 7 nitrogen and oxygen atoms in total. The number of carbonyl (C=O) groups excluding carboxylic acids is 3. The number of aryl methyl sites for hydroxylation is 1. The van der Waals surface area contributed by atoms with Gasteiger partial charge in [-0.25, -0.2) is 9.59 Å². The van der Waals surface area contributed by atoms with Gasteiger partial charge in [0.1, 0.15) is 0 Å². The standard InChI is InChI=1S/C35H49NO6/c1-4-7-10-13-18-28-21-23-29(24-22-28)34(38)36-30-19-14-15-20-31(30)42-32(35(39)41-26-17-12-9-6-3)27-33(37)40-25-16-11-8-5-2/h14-15,19-24,27H,4-13,16-18,25-26H2,1-3H3,(H,36,38)/b32-27-. The van der Waals surface area contributed by atoms with Crippen LogP contribution < -0.4 is 10.1 Å². The molecule has 0 saturated heterocycles. The number of nitrogens with one attached hydrogen (secondary N) is 1. The first-order valence-corrected chi connectivity index (χ1v) is 15.7. The number of amides is 1. The summed E-state index contributed by atoms with van der Waals surface area (Å²) in [6.45, 7) is 6.89. The Morgan fingerprint density at radius 1 is 0.690 bits per heavy atom. The van der Waals surface area contributed by atoms with Crippen LogP contribution in [0.25, 0.3) is 0 Å². The molecule has 0 aliphatic heterocycles. The third kappa shape index (κ3) is 13.8. The van der Waals surface area contributed by atoms with Gasteiger partial charge in [-0.05, 0) is 55.5 Å². The van der Waals surface area contributed by atoms with Gasteiger partial charge >= 0.3 is 11.9 Å². The monoisotopic (exact) mass is 579 g/mol. The molecular formula is C35H49NO6. The molecule has 7 heteroatoms. The van der Waals surface area contributed by atoms with Gasteiger partial charge in [0.2, 0.25) is 5.76 Å². The van der Waals surface area contributed by atoms with Gasteiger partial charge in [0.05, 0.1) is 25.0 Å². The van der Waals surface area contributed by atoms with Crippen molar-refractivity contribution in [2.24, 2.45) is 0 Å². The van der Waals surface area contributed by atoms with Crippen LogP contribution in [-0.4, -0.2) is 31.1 Å². The van der Waals surface area contributed by atoms with Crippen molar-refractivity contribution >= 4 is 23.5 Å². The maximum Gasteiger partial charge on any atom is 0.374 e. The van der Waals surface area contributed by atoms with E-state index in [9.17, 15) is 14.4 Å². The Labute approximate surface area is 252 Å². The molecule has 0 spiro atoms. The number of ether oxygens (including phenoxy) is 3. The number of esters is 2. The highest BCUT2D eigenvalue weighted by molar-refractivity contribution is 6.05. The fourth-order valence-corrected chi connectivity index (χ4v) is 4.30. The van der Waals surface area contributed by atoms with Gasteiger partial charge in [-0.1, -0.05) is 103 Å². The lowest BCUT2D eigenvalue weighted by atomic mass is 10.0. The number of benzene rings is 2. The van der Waals surface area contributed by atoms with E-state index in [1.807, 2.05) is 24.3 Å². The number of anilines is 1. The first-order valence-electron chi connectivity index (χ1n) is 15.7. The van der Waals surface area contributed by atoms with Crippen molar-refractivity contribution in [1.82, 2.24) is 0 Å². The third-order valence-electron chi connectivity index (χ3n) is 6.81. The van der Waals surface area contributed by atoms with E-state index in [2.05, 4.69) is 26.1 Å². The largest absolute Gasteiger partial charge is 0.462 e. The Morgan fingerprint density at radius 3 is 1.93 bits per heavy atom. The molecule has 0 atom stereocenters. The number of carbonyl (C=O) groups is 3. The summed E-state index contributed by atoms with van der Waals surface area (Å²) in [6.07, 6.45) is 14.4. The second-order valence-corrected chi connectivity index (χ2v) is 10.5. The zero-order valence-corrected chi connectivity index (χ0v) is 25.8. The molecular weight excluding hydrogens is 530 g/mol. The minimum atomic E-state index is -0.759. The van der Waals surface area contributed by atoms with Crippen LogP contribution in [-0.2, 0) is 25.5 Å². The molecule has 0 radical (unpaired) electrons. The molecule has 0 saturated carbocycles. The van der Waals surface area contributed by atoms with E-state index in [-0.39, 0.29) is 30.6 Å². The van der Waals surface area contributed by atoms with Crippen LogP contribution in [0.5, 0.6) is 5.75 Å². The Balaban J connectivity index is 2.11. The fourth-order valence-electron chi connectivity index (χ4n) is 4.30. The molecule has 2 rings (SSSR count). The van der Waals surface area contributed by atoms with E-state index in [1.54, 1.807) is 24.3 Å². The molecule has 1 amide bonds. The van der Waals surface area contributed by atoms with Crippen LogP contribution >= 0.6 is 0 Å². The van der Waals surface area contributed by atoms with E-state index >= 15 is 0 Å². The molecule has 0 aliphatic rings. The summed E-state index contributed by atoms with van der Waals surface area (Å²) >= 11 is 0. The Morgan fingerprint density at radius 2 is 1.29 bits per heavy atom. The van der Waals surface area contributed by atoms with Crippen molar-refractivity contribution in [2.45, 2.75) is 104 Å². The predicted octanol–water partition coefficient (Wildman–Crippen LogP) is 8.57. The summed E-state index contributed by atoms with van der Waals surface area (Å²) < 4.78 is 16.6. The van der Waals surface area contributed by atoms with Crippen molar-refractivity contribution < 1.29 is 28.6 Å². The average molecular weight is 580 g/mol. The second-order valence-electron chi connectivity index (χ2n) is 10.5. The topological polar surface area (TPSA) is 90.9 Å². The highest BCUT2D eigenvalue weighted by Gasteiger charge is 2.19. The van der Waals surface area contributed by atoms with Crippen molar-refractivity contribution in [2.75, 3.05) is 18.5 Å². The minimum absolute atomic E-state index is 0.211. The van der Waals surface area contributed by atoms with Gasteiger partial charge in [-0.2, -0.15) is 0 Å². The number of rotatable bonds is 21. The van der Waals surface area contributed by atoms with Crippen LogP contribution in [0.1, 0.15) is 114 Å². The SMILES string of the molecule is CCCCCCOC(=O)/C=C(\Oc1ccccc1NC(=O)c1ccc(CCCCCC)cc1)C(=O)OCCCCCC. The fraction of sp³-hybridized carbons (Fsp3) is 0.514. The van der Waals surface area contributed by atoms with E-state index < -0.39 is 11.9 Å². The van der Waals surface area contributed by atoms with Crippen LogP contribution in [0.3, 0.4) is 0 Å². The van der Waals surface area contributed by atoms with E-state index in [0.717, 1.165) is 70.3 Å². The lowest BCUT2D eigenvalue weighted by molar-refractivity contribution is -0.143. The maximum absolute atomic E-state index is 13.0. The smallest absolute Gasteiger partial charge is 0.374 e. The molecule has 0 aromatic heterocycles. The molecule has 2 aromatic carbocycles. The van der Waals surface area contributed by atoms with Crippen LogP contribution in [0.4, 0.5) is 5.69 Å². The van der Waals surface area contributed by atoms with Crippen LogP contribution in [0, 0.1) is 0 Å². The van der Waals surface area contributed by atoms with Crippen molar-refractivity contribution in [3.8, 4) is 5.75 Å². The van der Waals surface area contributed by atoms with Gasteiger partial charge in [0.25, 0.3) is 5.91 Å². The maximum atomic E-state index is 13.0. The number of unbranched alkanes of at least 4 members (excludes halogenated alkanes) is 9. The summed E-state index contributed by atoms with van der Waals surface area (Å²) in [5.41, 5.74) is 2.07. The summed E-state index contributed by atoms with van der Waals surface area (Å²) in [4.78, 5) is 38.5. The summed E-state index contributed by atoms with van der Waals surface area (Å²) in [6, 6.07) is 14.4. The quantitative estimate of drug-likeness (QED) is 0.0689. The molecule has 0 aliphatic carbocycles. The second kappa shape index (κ2) is 21.1. The molecule has 2 aromatic rings. The van der Waals surface area contributed by atoms with Gasteiger partial charge in [-0.3, -0.25) is 4.79 Å². The van der Waals surface area contributed by atoms with E-state index in [4.69, 9.17) is 14.2 Å². The normalized spacial score (nSPS) is 11.2. The van der Waals surface area contributed by atoms with E-state index in [1.165, 1.54) is 24.8 Å². The summed E-state index contributed by atoms with van der Waals surface area (Å²) in [7, 11) is 0. The number of para-hydroxylation sites is 2. The molecule has 1 N–H and O–H groups in total. The zero-order chi connectivity index (χ0) is 30.4. The predicted molar refractivity (Wildman–Crippen MR) is 168 cm³/mol. The Kier molecular flexibility index (Phi) is 17.4. The molecule has 0 unspecified atom stereocenters. The Bertz CT molecular complexity index is 1110. The van der Waals surface area contributed by atoms with Gasteiger partial charge in [0, 0.05) is 5.56 Å². The van der Waals surface area contributed by atoms with Gasteiger partial charge in [0.15, 0.2) is 5.75 Å². The average Bonchev–Trinajstić information content (AvgIpc) is 3.00. The van der Waals surface area contributed by atoms with Crippen LogP contribution in [0.15, 0.2) is 60.4 Å². The molecule has 42 heavy (non-hydrogen) atoms. The third-order valence-corrected chi connectivity index (χ3v) is 6.81. The lowest BCUT2D eigenvalue weighted by Crippen LogP contribution is -2.18. The van der Waals surface area contributed by atoms with Gasteiger partial charge < -0.3 is 19.5 Å². The highest BCUT2D eigenvalue weighted by Crippen LogP contribution is 2.27. The highest BCUT2D eigenvalue weighted by atomic mass is 16.6. The molecule has 0 heterocycles. The summed E-state index contributed by atoms with van der Waals surface area (Å²) in [5.74, 6) is -1.83. The zero-order valence-electron chi connectivity index (χ0n) is 25.8. The number of hydrogen-bond acceptors (Lipinski definition) is 6. The minimum Gasteiger partial charge on any atom is -0.462 e. The lowest BCUT2D eigenvalue weighted by Gasteiger charge is -2.14. The van der Waals surface area contributed by atoms with Gasteiger partial charge in [-0.15, -0.1) is 0 Å². The summed E-state index contributed by atoms with van der Waals surface area (Å²) in [5, 5.41) is 2.86. The Hall–Kier alpha value is -3.61. The molecule has 0 bridgehead atoms.